The predicted octanol–water partition coefficient (Wildman–Crippen LogP) is 3.35. The van der Waals surface area contributed by atoms with E-state index in [9.17, 15) is 9.18 Å². The van der Waals surface area contributed by atoms with E-state index in [1.807, 2.05) is 4.90 Å². The maximum Gasteiger partial charge on any atom is 0.340 e. The van der Waals surface area contributed by atoms with Crippen LogP contribution in [0.5, 0.6) is 0 Å². The highest BCUT2D eigenvalue weighted by atomic mass is 19.1. The van der Waals surface area contributed by atoms with Crippen LogP contribution in [0.4, 0.5) is 15.8 Å². The number of anilines is 2. The van der Waals surface area contributed by atoms with E-state index in [1.54, 1.807) is 6.92 Å². The molecule has 0 aliphatic carbocycles. The van der Waals surface area contributed by atoms with E-state index in [0.29, 0.717) is 5.69 Å². The number of esters is 1. The van der Waals surface area contributed by atoms with Gasteiger partial charge in [-0.2, -0.15) is 0 Å². The van der Waals surface area contributed by atoms with Crippen molar-refractivity contribution < 1.29 is 13.9 Å². The Kier molecular flexibility index (Phi) is 4.70. The van der Waals surface area contributed by atoms with Crippen molar-refractivity contribution >= 4 is 17.3 Å². The molecule has 0 spiro atoms. The van der Waals surface area contributed by atoms with E-state index in [-0.39, 0.29) is 35.8 Å². The lowest BCUT2D eigenvalue weighted by Crippen LogP contribution is -2.44. The Bertz CT molecular complexity index is 523. The fourth-order valence-corrected chi connectivity index (χ4v) is 3.06. The van der Waals surface area contributed by atoms with Gasteiger partial charge in [0.1, 0.15) is 5.82 Å². The van der Waals surface area contributed by atoms with Gasteiger partial charge in [0.15, 0.2) is 0 Å². The topological polar surface area (TPSA) is 55.6 Å². The SMILES string of the molecule is CCOC(=O)c1cc(N2C(C)CCCC2C)c(F)cc1N. The van der Waals surface area contributed by atoms with E-state index >= 15 is 0 Å². The Balaban J connectivity index is 2.43. The first-order chi connectivity index (χ1) is 9.95. The van der Waals surface area contributed by atoms with Gasteiger partial charge < -0.3 is 15.4 Å². The summed E-state index contributed by atoms with van der Waals surface area (Å²) in [5.41, 5.74) is 6.55. The van der Waals surface area contributed by atoms with Gasteiger partial charge in [-0.3, -0.25) is 0 Å². The van der Waals surface area contributed by atoms with Crippen LogP contribution in [-0.2, 0) is 4.74 Å². The average molecular weight is 294 g/mol. The number of carbonyl (C=O) groups is 1. The molecule has 1 heterocycles. The molecule has 4 nitrogen and oxygen atoms in total. The van der Waals surface area contributed by atoms with Gasteiger partial charge in [0.05, 0.1) is 17.9 Å². The number of nitrogens with two attached hydrogens (primary N) is 1. The first-order valence-corrected chi connectivity index (χ1v) is 7.50. The number of carbonyl (C=O) groups excluding carboxylic acids is 1. The van der Waals surface area contributed by atoms with Crippen molar-refractivity contribution in [1.29, 1.82) is 0 Å². The molecule has 2 rings (SSSR count). The normalized spacial score (nSPS) is 22.2. The van der Waals surface area contributed by atoms with Crippen molar-refractivity contribution in [3.8, 4) is 0 Å². The van der Waals surface area contributed by atoms with E-state index in [1.165, 1.54) is 12.1 Å². The standard InChI is InChI=1S/C16H23FN2O2/c1-4-21-16(20)12-8-15(13(17)9-14(12)18)19-10(2)6-5-7-11(19)3/h8-11H,4-7,18H2,1-3H3. The molecule has 0 amide bonds. The van der Waals surface area contributed by atoms with Gasteiger partial charge in [-0.25, -0.2) is 9.18 Å². The van der Waals surface area contributed by atoms with Crippen molar-refractivity contribution in [3.05, 3.63) is 23.5 Å². The van der Waals surface area contributed by atoms with Crippen molar-refractivity contribution in [3.63, 3.8) is 0 Å². The Labute approximate surface area is 125 Å². The van der Waals surface area contributed by atoms with Crippen LogP contribution < -0.4 is 10.6 Å². The van der Waals surface area contributed by atoms with Crippen LogP contribution in [0.25, 0.3) is 0 Å². The Morgan fingerprint density at radius 1 is 1.38 bits per heavy atom. The summed E-state index contributed by atoms with van der Waals surface area (Å²) in [5.74, 6) is -0.894. The monoisotopic (exact) mass is 294 g/mol. The molecular formula is C16H23FN2O2. The third kappa shape index (κ3) is 3.12. The van der Waals surface area contributed by atoms with Crippen molar-refractivity contribution in [2.45, 2.75) is 52.1 Å². The zero-order valence-electron chi connectivity index (χ0n) is 12.9. The number of nitrogen functional groups attached to an aromatic ring is 1. The van der Waals surface area contributed by atoms with Gasteiger partial charge in [-0.05, 0) is 52.2 Å². The van der Waals surface area contributed by atoms with Crippen LogP contribution >= 0.6 is 0 Å². The number of piperidine rings is 1. The maximum absolute atomic E-state index is 14.3. The summed E-state index contributed by atoms with van der Waals surface area (Å²) in [4.78, 5) is 14.0. The molecule has 0 bridgehead atoms. The molecule has 0 radical (unpaired) electrons. The van der Waals surface area contributed by atoms with Crippen molar-refractivity contribution in [2.75, 3.05) is 17.2 Å². The predicted molar refractivity (Wildman–Crippen MR) is 82.0 cm³/mol. The molecule has 2 N–H and O–H groups in total. The fraction of sp³-hybridized carbons (Fsp3) is 0.562. The largest absolute Gasteiger partial charge is 0.462 e. The van der Waals surface area contributed by atoms with Crippen molar-refractivity contribution in [2.24, 2.45) is 0 Å². The van der Waals surface area contributed by atoms with Gasteiger partial charge in [0.2, 0.25) is 0 Å². The number of ether oxygens (including phenoxy) is 1. The first kappa shape index (κ1) is 15.6. The minimum absolute atomic E-state index is 0.118. The van der Waals surface area contributed by atoms with Crippen LogP contribution in [-0.4, -0.2) is 24.7 Å². The second kappa shape index (κ2) is 6.33. The highest BCUT2D eigenvalue weighted by Crippen LogP contribution is 2.33. The lowest BCUT2D eigenvalue weighted by Gasteiger charge is -2.41. The lowest BCUT2D eigenvalue weighted by atomic mass is 9.96. The summed E-state index contributed by atoms with van der Waals surface area (Å²) in [5, 5.41) is 0. The van der Waals surface area contributed by atoms with Gasteiger partial charge >= 0.3 is 5.97 Å². The molecule has 1 aliphatic heterocycles. The van der Waals surface area contributed by atoms with E-state index < -0.39 is 5.97 Å². The van der Waals surface area contributed by atoms with Crippen LogP contribution in [0, 0.1) is 5.82 Å². The molecular weight excluding hydrogens is 271 g/mol. The average Bonchev–Trinajstić information content (AvgIpc) is 2.41. The number of hydrogen-bond donors (Lipinski definition) is 1. The van der Waals surface area contributed by atoms with Gasteiger partial charge in [0, 0.05) is 17.8 Å². The third-order valence-corrected chi connectivity index (χ3v) is 4.09. The second-order valence-electron chi connectivity index (χ2n) is 5.65. The Morgan fingerprint density at radius 2 is 2.00 bits per heavy atom. The molecule has 0 saturated carbocycles. The number of hydrogen-bond acceptors (Lipinski definition) is 4. The summed E-state index contributed by atoms with van der Waals surface area (Å²) in [6.07, 6.45) is 3.17. The summed E-state index contributed by atoms with van der Waals surface area (Å²) in [7, 11) is 0. The minimum Gasteiger partial charge on any atom is -0.462 e. The third-order valence-electron chi connectivity index (χ3n) is 4.09. The molecule has 21 heavy (non-hydrogen) atoms. The maximum atomic E-state index is 14.3. The molecule has 1 saturated heterocycles. The summed E-state index contributed by atoms with van der Waals surface area (Å²) in [6.45, 7) is 6.15. The van der Waals surface area contributed by atoms with E-state index in [4.69, 9.17) is 10.5 Å². The molecule has 1 aromatic rings. The molecule has 5 heteroatoms. The van der Waals surface area contributed by atoms with Crippen LogP contribution in [0.1, 0.15) is 50.4 Å². The number of nitrogens with zero attached hydrogens (tertiary/aromatic N) is 1. The second-order valence-corrected chi connectivity index (χ2v) is 5.65. The molecule has 0 aromatic heterocycles. The van der Waals surface area contributed by atoms with Crippen LogP contribution in [0.2, 0.25) is 0 Å². The fourth-order valence-electron chi connectivity index (χ4n) is 3.06. The number of halogens is 1. The lowest BCUT2D eigenvalue weighted by molar-refractivity contribution is 0.0527. The van der Waals surface area contributed by atoms with Crippen LogP contribution in [0.15, 0.2) is 12.1 Å². The Morgan fingerprint density at radius 3 is 2.57 bits per heavy atom. The quantitative estimate of drug-likeness (QED) is 0.686. The highest BCUT2D eigenvalue weighted by molar-refractivity contribution is 5.96. The number of rotatable bonds is 3. The highest BCUT2D eigenvalue weighted by Gasteiger charge is 2.28. The molecule has 2 unspecified atom stereocenters. The molecule has 1 fully saturated rings. The van der Waals surface area contributed by atoms with Gasteiger partial charge in [-0.15, -0.1) is 0 Å². The molecule has 116 valence electrons. The minimum atomic E-state index is -0.506. The summed E-state index contributed by atoms with van der Waals surface area (Å²) < 4.78 is 19.3. The smallest absolute Gasteiger partial charge is 0.340 e. The molecule has 1 aromatic carbocycles. The first-order valence-electron chi connectivity index (χ1n) is 7.50. The van der Waals surface area contributed by atoms with Crippen molar-refractivity contribution in [1.82, 2.24) is 0 Å². The summed E-state index contributed by atoms with van der Waals surface area (Å²) >= 11 is 0. The zero-order chi connectivity index (χ0) is 15.6. The van der Waals surface area contributed by atoms with Crippen LogP contribution in [0.3, 0.4) is 0 Å². The van der Waals surface area contributed by atoms with Gasteiger partial charge in [-0.1, -0.05) is 0 Å². The van der Waals surface area contributed by atoms with Gasteiger partial charge in [0.25, 0.3) is 0 Å². The van der Waals surface area contributed by atoms with E-state index in [2.05, 4.69) is 13.8 Å². The summed E-state index contributed by atoms with van der Waals surface area (Å²) in [6, 6.07) is 3.22. The van der Waals surface area contributed by atoms with E-state index in [0.717, 1.165) is 19.3 Å². The Hall–Kier alpha value is -1.78. The molecule has 2 atom stereocenters. The zero-order valence-corrected chi connectivity index (χ0v) is 12.9. The molecule has 1 aliphatic rings. The number of benzene rings is 1.